The minimum absolute atomic E-state index is 0.0197. The molecule has 0 saturated carbocycles. The molecule has 0 bridgehead atoms. The van der Waals surface area contributed by atoms with Crippen LogP contribution < -0.4 is 0 Å². The number of carbonyl (C=O) groups is 1. The van der Waals surface area contributed by atoms with Crippen molar-refractivity contribution in [1.29, 1.82) is 0 Å². The first-order chi connectivity index (χ1) is 13.6. The standard InChI is InChI=1S/C24H41NO3Si/c1-9-19-20-12-10-11-18-13-21(23(25(18)20)22(19)24(27)17(8)26)28-29(14(2)3,15(4)5)16(6)7/h14-18,21,26H,9-13H2,1-8H3/t17-,18-,21+/m1/s1. The van der Waals surface area contributed by atoms with E-state index in [-0.39, 0.29) is 11.9 Å². The summed E-state index contributed by atoms with van der Waals surface area (Å²) in [4.78, 5) is 13.1. The van der Waals surface area contributed by atoms with Crippen LogP contribution in [0.4, 0.5) is 0 Å². The number of aromatic nitrogens is 1. The van der Waals surface area contributed by atoms with Crippen LogP contribution in [0.2, 0.25) is 16.6 Å². The first-order valence-electron chi connectivity index (χ1n) is 11.7. The summed E-state index contributed by atoms with van der Waals surface area (Å²) in [6.45, 7) is 17.7. The van der Waals surface area contributed by atoms with Crippen molar-refractivity contribution in [3.8, 4) is 0 Å². The fourth-order valence-corrected chi connectivity index (χ4v) is 12.1. The van der Waals surface area contributed by atoms with Crippen LogP contribution >= 0.6 is 0 Å². The van der Waals surface area contributed by atoms with Gasteiger partial charge in [0, 0.05) is 17.3 Å². The van der Waals surface area contributed by atoms with Crippen LogP contribution in [0, 0.1) is 0 Å². The Morgan fingerprint density at radius 3 is 2.21 bits per heavy atom. The molecular formula is C24H41NO3Si. The van der Waals surface area contributed by atoms with E-state index in [9.17, 15) is 9.90 Å². The Morgan fingerprint density at radius 1 is 1.14 bits per heavy atom. The Kier molecular flexibility index (Phi) is 6.53. The molecule has 0 fully saturated rings. The summed E-state index contributed by atoms with van der Waals surface area (Å²) in [5.74, 6) is -0.126. The number of aliphatic hydroxyl groups is 1. The average Bonchev–Trinajstić information content (AvgIpc) is 3.17. The Morgan fingerprint density at radius 2 is 1.72 bits per heavy atom. The lowest BCUT2D eigenvalue weighted by atomic mass is 9.92. The molecule has 5 heteroatoms. The maximum absolute atomic E-state index is 13.1. The molecular weight excluding hydrogens is 378 g/mol. The van der Waals surface area contributed by atoms with Crippen molar-refractivity contribution in [1.82, 2.24) is 4.57 Å². The van der Waals surface area contributed by atoms with Crippen LogP contribution in [0.3, 0.4) is 0 Å². The van der Waals surface area contributed by atoms with Crippen LogP contribution in [-0.4, -0.2) is 29.9 Å². The van der Waals surface area contributed by atoms with Gasteiger partial charge in [-0.05, 0) is 61.2 Å². The summed E-state index contributed by atoms with van der Waals surface area (Å²) < 4.78 is 9.70. The van der Waals surface area contributed by atoms with Gasteiger partial charge in [-0.1, -0.05) is 48.5 Å². The molecule has 0 aliphatic carbocycles. The molecule has 4 nitrogen and oxygen atoms in total. The quantitative estimate of drug-likeness (QED) is 0.407. The minimum atomic E-state index is -2.07. The van der Waals surface area contributed by atoms with Gasteiger partial charge in [0.2, 0.25) is 8.32 Å². The summed E-state index contributed by atoms with van der Waals surface area (Å²) in [6, 6.07) is 0.442. The maximum Gasteiger partial charge on any atom is 0.201 e. The Hall–Kier alpha value is -0.913. The fraction of sp³-hybridized carbons (Fsp3) is 0.792. The number of hydrogen-bond donors (Lipinski definition) is 1. The van der Waals surface area contributed by atoms with Gasteiger partial charge in [-0.3, -0.25) is 4.79 Å². The lowest BCUT2D eigenvalue weighted by Crippen LogP contribution is -2.48. The van der Waals surface area contributed by atoms with Crippen molar-refractivity contribution in [2.75, 3.05) is 0 Å². The topological polar surface area (TPSA) is 51.5 Å². The van der Waals surface area contributed by atoms with Crippen molar-refractivity contribution in [2.24, 2.45) is 0 Å². The van der Waals surface area contributed by atoms with Gasteiger partial charge in [0.15, 0.2) is 5.78 Å². The summed E-state index contributed by atoms with van der Waals surface area (Å²) in [5.41, 5.74) is 5.90. The highest BCUT2D eigenvalue weighted by molar-refractivity contribution is 6.77. The van der Waals surface area contributed by atoms with E-state index >= 15 is 0 Å². The van der Waals surface area contributed by atoms with Crippen molar-refractivity contribution in [3.63, 3.8) is 0 Å². The van der Waals surface area contributed by atoms with Gasteiger partial charge < -0.3 is 14.1 Å². The molecule has 0 radical (unpaired) electrons. The van der Waals surface area contributed by atoms with Crippen LogP contribution in [-0.2, 0) is 17.3 Å². The van der Waals surface area contributed by atoms with Gasteiger partial charge in [0.25, 0.3) is 0 Å². The Labute approximate surface area is 178 Å². The lowest BCUT2D eigenvalue weighted by molar-refractivity contribution is 0.0772. The third kappa shape index (κ3) is 3.47. The molecule has 0 unspecified atom stereocenters. The molecule has 1 N–H and O–H groups in total. The third-order valence-electron chi connectivity index (χ3n) is 7.60. The van der Waals surface area contributed by atoms with Gasteiger partial charge in [-0.2, -0.15) is 0 Å². The first kappa shape index (κ1) is 22.8. The number of Topliss-reactive ketones (excluding diaryl/α,β-unsaturated/α-hetero) is 1. The van der Waals surface area contributed by atoms with E-state index < -0.39 is 14.4 Å². The molecule has 3 atom stereocenters. The Bertz CT molecular complexity index is 741. The molecule has 0 amide bonds. The van der Waals surface area contributed by atoms with Crippen LogP contribution in [0.15, 0.2) is 0 Å². The molecule has 1 aromatic rings. The second-order valence-electron chi connectivity index (χ2n) is 10.2. The van der Waals surface area contributed by atoms with Crippen LogP contribution in [0.25, 0.3) is 0 Å². The van der Waals surface area contributed by atoms with Crippen molar-refractivity contribution >= 4 is 14.1 Å². The number of carbonyl (C=O) groups excluding carboxylic acids is 1. The summed E-state index contributed by atoms with van der Waals surface area (Å²) in [6.07, 6.45) is 4.21. The normalized spacial score (nSPS) is 22.6. The summed E-state index contributed by atoms with van der Waals surface area (Å²) in [5, 5.41) is 10.2. The van der Waals surface area contributed by atoms with Gasteiger partial charge in [-0.15, -0.1) is 0 Å². The average molecular weight is 420 g/mol. The van der Waals surface area contributed by atoms with Crippen molar-refractivity contribution in [3.05, 3.63) is 22.5 Å². The maximum atomic E-state index is 13.1. The number of aliphatic hydroxyl groups excluding tert-OH is 1. The molecule has 1 aromatic heterocycles. The zero-order valence-electron chi connectivity index (χ0n) is 19.7. The molecule has 3 heterocycles. The van der Waals surface area contributed by atoms with E-state index in [4.69, 9.17) is 4.43 Å². The lowest BCUT2D eigenvalue weighted by Gasteiger charge is -2.44. The smallest absolute Gasteiger partial charge is 0.201 e. The molecule has 0 saturated heterocycles. The van der Waals surface area contributed by atoms with E-state index in [0.717, 1.165) is 36.1 Å². The largest absolute Gasteiger partial charge is 0.408 e. The molecule has 2 aliphatic rings. The van der Waals surface area contributed by atoms with Crippen molar-refractivity contribution < 1.29 is 14.3 Å². The minimum Gasteiger partial charge on any atom is -0.408 e. The van der Waals surface area contributed by atoms with Gasteiger partial charge >= 0.3 is 0 Å². The number of hydrogen-bond acceptors (Lipinski definition) is 3. The van der Waals surface area contributed by atoms with E-state index in [1.807, 2.05) is 0 Å². The summed E-state index contributed by atoms with van der Waals surface area (Å²) in [7, 11) is -2.07. The number of nitrogens with zero attached hydrogens (tertiary/aromatic N) is 1. The van der Waals surface area contributed by atoms with Crippen LogP contribution in [0.1, 0.15) is 114 Å². The molecule has 2 aliphatic heterocycles. The number of ketones is 1. The van der Waals surface area contributed by atoms with E-state index in [1.165, 1.54) is 18.5 Å². The van der Waals surface area contributed by atoms with E-state index in [0.29, 0.717) is 22.7 Å². The fourth-order valence-electron chi connectivity index (χ4n) is 6.55. The molecule has 0 aromatic carbocycles. The highest BCUT2D eigenvalue weighted by Crippen LogP contribution is 2.53. The zero-order chi connectivity index (χ0) is 21.7. The molecule has 3 rings (SSSR count). The van der Waals surface area contributed by atoms with Gasteiger partial charge in [0.1, 0.15) is 6.10 Å². The predicted octanol–water partition coefficient (Wildman–Crippen LogP) is 6.13. The van der Waals surface area contributed by atoms with Gasteiger partial charge in [-0.25, -0.2) is 0 Å². The highest BCUT2D eigenvalue weighted by Gasteiger charge is 2.50. The van der Waals surface area contributed by atoms with Gasteiger partial charge in [0.05, 0.1) is 11.8 Å². The highest BCUT2D eigenvalue weighted by atomic mass is 28.4. The molecule has 29 heavy (non-hydrogen) atoms. The zero-order valence-corrected chi connectivity index (χ0v) is 20.7. The third-order valence-corrected chi connectivity index (χ3v) is 13.7. The number of rotatable bonds is 8. The monoisotopic (exact) mass is 419 g/mol. The molecule has 164 valence electrons. The summed E-state index contributed by atoms with van der Waals surface area (Å²) >= 11 is 0. The van der Waals surface area contributed by atoms with Crippen LogP contribution in [0.5, 0.6) is 0 Å². The second kappa shape index (κ2) is 8.31. The van der Waals surface area contributed by atoms with E-state index in [1.54, 1.807) is 6.92 Å². The SMILES string of the molecule is CCc1c(C(=O)[C@@H](C)O)c2n3c1CCC[C@@H]3C[C@@H]2O[Si](C(C)C)(C(C)C)C(C)C. The molecule has 0 spiro atoms. The first-order valence-corrected chi connectivity index (χ1v) is 13.9. The van der Waals surface area contributed by atoms with Crippen molar-refractivity contribution in [2.45, 2.75) is 122 Å². The van der Waals surface area contributed by atoms with E-state index in [2.05, 4.69) is 53.0 Å². The Balaban J connectivity index is 2.17. The predicted molar refractivity (Wildman–Crippen MR) is 121 cm³/mol. The second-order valence-corrected chi connectivity index (χ2v) is 15.6.